The lowest BCUT2D eigenvalue weighted by Gasteiger charge is -2.48. The minimum Gasteiger partial charge on any atom is -0.364 e. The predicted molar refractivity (Wildman–Crippen MR) is 131 cm³/mol. The van der Waals surface area contributed by atoms with Gasteiger partial charge in [0, 0.05) is 36.3 Å². The van der Waals surface area contributed by atoms with Gasteiger partial charge in [0.05, 0.1) is 5.41 Å². The maximum atomic E-state index is 13.9. The fraction of sp³-hybridized carbons (Fsp3) is 0.333. The van der Waals surface area contributed by atoms with E-state index in [1.54, 1.807) is 11.9 Å². The number of anilines is 1. The Hall–Kier alpha value is -2.58. The molecule has 0 spiro atoms. The van der Waals surface area contributed by atoms with Gasteiger partial charge in [-0.2, -0.15) is 0 Å². The largest absolute Gasteiger partial charge is 0.364 e. The summed E-state index contributed by atoms with van der Waals surface area (Å²) in [4.78, 5) is 33.7. The second-order valence-corrected chi connectivity index (χ2v) is 10.7. The summed E-state index contributed by atoms with van der Waals surface area (Å²) in [5.41, 5.74) is 3.81. The van der Waals surface area contributed by atoms with Gasteiger partial charge in [0.15, 0.2) is 10.2 Å². The highest BCUT2D eigenvalue weighted by molar-refractivity contribution is 8.01. The van der Waals surface area contributed by atoms with E-state index in [0.29, 0.717) is 6.42 Å². The number of aromatic nitrogens is 1. The predicted octanol–water partition coefficient (Wildman–Crippen LogP) is 3.66. The topological polar surface area (TPSA) is 68.4 Å². The molecule has 1 aromatic heterocycles. The lowest BCUT2D eigenvalue weighted by atomic mass is 9.72. The van der Waals surface area contributed by atoms with E-state index in [9.17, 15) is 9.59 Å². The van der Waals surface area contributed by atoms with Crippen LogP contribution >= 0.6 is 23.5 Å². The standard InChI is InChI=1S/C24H24N4O2S2/c1-27-20(31-2)19(29)28-21-23(13-24(28,32-3)22(27)30,15-9-5-7-11-18(15)26-21)16-12-25-17-10-6-4-8-14(16)17/h4-12,20-21,25-26H,13H2,1-3H3/t20-,21-,23-,24+/m1/s1. The number of hydrogen-bond acceptors (Lipinski definition) is 5. The van der Waals surface area contributed by atoms with Gasteiger partial charge in [0.25, 0.3) is 11.8 Å². The minimum absolute atomic E-state index is 0.00292. The molecule has 6 rings (SSSR count). The van der Waals surface area contributed by atoms with Crippen LogP contribution in [0.25, 0.3) is 10.9 Å². The number of H-pyrrole nitrogens is 1. The fourth-order valence-corrected chi connectivity index (χ4v) is 7.87. The van der Waals surface area contributed by atoms with E-state index in [0.717, 1.165) is 27.7 Å². The van der Waals surface area contributed by atoms with E-state index in [1.807, 2.05) is 41.7 Å². The molecule has 0 radical (unpaired) electrons. The first kappa shape index (κ1) is 20.1. The molecule has 2 amide bonds. The van der Waals surface area contributed by atoms with Gasteiger partial charge in [-0.1, -0.05) is 36.4 Å². The molecule has 3 aromatic rings. The van der Waals surface area contributed by atoms with Gasteiger partial charge in [-0.05, 0) is 35.8 Å². The van der Waals surface area contributed by atoms with Gasteiger partial charge in [-0.25, -0.2) is 0 Å². The number of nitrogens with zero attached hydrogens (tertiary/aromatic N) is 2. The van der Waals surface area contributed by atoms with Crippen molar-refractivity contribution >= 4 is 51.9 Å². The molecule has 8 heteroatoms. The quantitative estimate of drug-likeness (QED) is 0.619. The molecule has 0 unspecified atom stereocenters. The Kier molecular flexibility index (Phi) is 4.21. The number of amides is 2. The number of piperazine rings is 1. The summed E-state index contributed by atoms with van der Waals surface area (Å²) in [7, 11) is 1.75. The van der Waals surface area contributed by atoms with Gasteiger partial charge in [0.2, 0.25) is 0 Å². The van der Waals surface area contributed by atoms with Crippen LogP contribution in [0, 0.1) is 0 Å². The van der Waals surface area contributed by atoms with Gasteiger partial charge in [0.1, 0.15) is 6.17 Å². The Labute approximate surface area is 195 Å². The minimum atomic E-state index is -0.957. The summed E-state index contributed by atoms with van der Waals surface area (Å²) >= 11 is 2.89. The van der Waals surface area contributed by atoms with Crippen molar-refractivity contribution in [1.29, 1.82) is 0 Å². The fourth-order valence-electron chi connectivity index (χ4n) is 6.06. The highest BCUT2D eigenvalue weighted by Crippen LogP contribution is 2.62. The van der Waals surface area contributed by atoms with E-state index >= 15 is 0 Å². The maximum Gasteiger partial charge on any atom is 0.260 e. The van der Waals surface area contributed by atoms with Crippen LogP contribution in [0.15, 0.2) is 54.7 Å². The number of fused-ring (bicyclic) bond motifs is 6. The first-order valence-electron chi connectivity index (χ1n) is 10.6. The molecule has 164 valence electrons. The molecular weight excluding hydrogens is 440 g/mol. The van der Waals surface area contributed by atoms with Gasteiger partial charge in [-0.3, -0.25) is 14.5 Å². The Morgan fingerprint density at radius 2 is 1.78 bits per heavy atom. The summed E-state index contributed by atoms with van der Waals surface area (Å²) in [6.45, 7) is 0. The molecule has 2 N–H and O–H groups in total. The number of aromatic amines is 1. The smallest absolute Gasteiger partial charge is 0.260 e. The van der Waals surface area contributed by atoms with Crippen molar-refractivity contribution in [3.63, 3.8) is 0 Å². The SMILES string of the molecule is CS[C@@H]1C(=O)N2[C@H]3Nc4ccccc4[C@@]3(c3c[nH]c4ccccc34)C[C@]2(SC)C(=O)N1C. The molecule has 4 heterocycles. The third-order valence-corrected chi connectivity index (χ3v) is 9.57. The Morgan fingerprint density at radius 3 is 2.56 bits per heavy atom. The van der Waals surface area contributed by atoms with Crippen molar-refractivity contribution in [1.82, 2.24) is 14.8 Å². The molecule has 0 aliphatic carbocycles. The van der Waals surface area contributed by atoms with Crippen molar-refractivity contribution in [2.45, 2.75) is 28.2 Å². The molecule has 32 heavy (non-hydrogen) atoms. The number of nitrogens with one attached hydrogen (secondary N) is 2. The number of thioether (sulfide) groups is 2. The monoisotopic (exact) mass is 464 g/mol. The van der Waals surface area contributed by atoms with Crippen LogP contribution in [0.4, 0.5) is 5.69 Å². The third kappa shape index (κ3) is 2.19. The molecule has 0 bridgehead atoms. The van der Waals surface area contributed by atoms with Crippen molar-refractivity contribution in [3.8, 4) is 0 Å². The number of carbonyl (C=O) groups excluding carboxylic acids is 2. The van der Waals surface area contributed by atoms with Crippen molar-refractivity contribution in [3.05, 3.63) is 65.9 Å². The van der Waals surface area contributed by atoms with E-state index in [-0.39, 0.29) is 18.0 Å². The summed E-state index contributed by atoms with van der Waals surface area (Å²) < 4.78 is 0. The van der Waals surface area contributed by atoms with Gasteiger partial charge >= 0.3 is 0 Å². The van der Waals surface area contributed by atoms with Crippen molar-refractivity contribution < 1.29 is 9.59 Å². The van der Waals surface area contributed by atoms with E-state index in [2.05, 4.69) is 40.8 Å². The normalized spacial score (nSPS) is 31.0. The van der Waals surface area contributed by atoms with Crippen LogP contribution in [-0.2, 0) is 15.0 Å². The second-order valence-electron chi connectivity index (χ2n) is 8.69. The van der Waals surface area contributed by atoms with Crippen LogP contribution in [0.2, 0.25) is 0 Å². The molecular formula is C24H24N4O2S2. The number of likely N-dealkylation sites (N-methyl/N-ethyl adjacent to an activating group) is 1. The summed E-state index contributed by atoms with van der Waals surface area (Å²) in [6, 6.07) is 16.5. The first-order valence-corrected chi connectivity index (χ1v) is 13.1. The molecule has 6 nitrogen and oxygen atoms in total. The number of rotatable bonds is 3. The average molecular weight is 465 g/mol. The number of benzene rings is 2. The van der Waals surface area contributed by atoms with Crippen LogP contribution in [0.3, 0.4) is 0 Å². The van der Waals surface area contributed by atoms with Gasteiger partial charge < -0.3 is 15.2 Å². The molecule has 0 saturated carbocycles. The highest BCUT2D eigenvalue weighted by Gasteiger charge is 2.71. The molecule has 2 aromatic carbocycles. The summed E-state index contributed by atoms with van der Waals surface area (Å²) in [5, 5.41) is 4.26. The summed E-state index contributed by atoms with van der Waals surface area (Å²) in [6.07, 6.45) is 6.08. The van der Waals surface area contributed by atoms with Crippen molar-refractivity contribution in [2.75, 3.05) is 24.9 Å². The van der Waals surface area contributed by atoms with Crippen LogP contribution in [-0.4, -0.2) is 62.6 Å². The first-order chi connectivity index (χ1) is 15.5. The van der Waals surface area contributed by atoms with Gasteiger partial charge in [-0.15, -0.1) is 23.5 Å². The average Bonchev–Trinajstić information content (AvgIpc) is 3.46. The zero-order chi connectivity index (χ0) is 22.3. The van der Waals surface area contributed by atoms with E-state index in [4.69, 9.17) is 0 Å². The van der Waals surface area contributed by atoms with E-state index < -0.39 is 15.7 Å². The van der Waals surface area contributed by atoms with Crippen LogP contribution in [0.1, 0.15) is 17.5 Å². The molecule has 2 fully saturated rings. The Morgan fingerprint density at radius 1 is 1.03 bits per heavy atom. The molecule has 3 aliphatic heterocycles. The maximum absolute atomic E-state index is 13.9. The van der Waals surface area contributed by atoms with E-state index in [1.165, 1.54) is 23.5 Å². The molecule has 3 aliphatic rings. The number of hydrogen-bond donors (Lipinski definition) is 2. The number of carbonyl (C=O) groups is 2. The Bertz CT molecular complexity index is 1280. The molecule has 2 saturated heterocycles. The lowest BCUT2D eigenvalue weighted by molar-refractivity contribution is -0.157. The van der Waals surface area contributed by atoms with Crippen LogP contribution < -0.4 is 5.32 Å². The highest BCUT2D eigenvalue weighted by atomic mass is 32.2. The zero-order valence-corrected chi connectivity index (χ0v) is 19.7. The van der Waals surface area contributed by atoms with Crippen molar-refractivity contribution in [2.24, 2.45) is 0 Å². The number of para-hydroxylation sites is 2. The second kappa shape index (κ2) is 6.71. The Balaban J connectivity index is 1.66. The third-order valence-electron chi connectivity index (χ3n) is 7.42. The summed E-state index contributed by atoms with van der Waals surface area (Å²) in [5.74, 6) is -0.0159. The molecule has 4 atom stereocenters. The van der Waals surface area contributed by atoms with Crippen LogP contribution in [0.5, 0.6) is 0 Å². The zero-order valence-electron chi connectivity index (χ0n) is 18.1. The lowest BCUT2D eigenvalue weighted by Crippen LogP contribution is -2.68.